The van der Waals surface area contributed by atoms with Crippen LogP contribution in [0.25, 0.3) is 11.1 Å². The first-order valence-corrected chi connectivity index (χ1v) is 7.83. The van der Waals surface area contributed by atoms with Crippen LogP contribution in [-0.4, -0.2) is 10.2 Å². The fourth-order valence-electron chi connectivity index (χ4n) is 2.63. The molecule has 112 valence electrons. The fraction of sp³-hybridized carbons (Fsp3) is 0.368. The molecule has 0 amide bonds. The third kappa shape index (κ3) is 4.01. The lowest BCUT2D eigenvalue weighted by molar-refractivity contribution is 0.463. The van der Waals surface area contributed by atoms with E-state index in [1.54, 1.807) is 12.1 Å². The molecule has 21 heavy (non-hydrogen) atoms. The van der Waals surface area contributed by atoms with Gasteiger partial charge in [-0.25, -0.2) is 0 Å². The van der Waals surface area contributed by atoms with Crippen molar-refractivity contribution >= 4 is 0 Å². The molecule has 0 unspecified atom stereocenters. The molecule has 2 heteroatoms. The molecule has 0 saturated carbocycles. The Labute approximate surface area is 127 Å². The van der Waals surface area contributed by atoms with Gasteiger partial charge in [0.25, 0.3) is 0 Å². The lowest BCUT2D eigenvalue weighted by Crippen LogP contribution is -1.90. The van der Waals surface area contributed by atoms with Gasteiger partial charge in [-0.2, -0.15) is 0 Å². The zero-order chi connectivity index (χ0) is 15.1. The van der Waals surface area contributed by atoms with E-state index < -0.39 is 0 Å². The number of phenols is 2. The Kier molecular flexibility index (Phi) is 5.68. The van der Waals surface area contributed by atoms with Crippen LogP contribution >= 0.6 is 0 Å². The summed E-state index contributed by atoms with van der Waals surface area (Å²) in [6.07, 6.45) is 6.97. The maximum atomic E-state index is 10.5. The van der Waals surface area contributed by atoms with Gasteiger partial charge in [0.05, 0.1) is 0 Å². The van der Waals surface area contributed by atoms with E-state index in [1.807, 2.05) is 30.3 Å². The van der Waals surface area contributed by atoms with E-state index in [2.05, 4.69) is 6.92 Å². The van der Waals surface area contributed by atoms with Crippen molar-refractivity contribution < 1.29 is 10.2 Å². The van der Waals surface area contributed by atoms with Crippen molar-refractivity contribution in [1.29, 1.82) is 0 Å². The minimum Gasteiger partial charge on any atom is -0.507 e. The lowest BCUT2D eigenvalue weighted by Gasteiger charge is -2.11. The quantitative estimate of drug-likeness (QED) is 0.679. The van der Waals surface area contributed by atoms with Gasteiger partial charge in [0, 0.05) is 11.1 Å². The van der Waals surface area contributed by atoms with E-state index in [0.717, 1.165) is 18.4 Å². The van der Waals surface area contributed by atoms with Crippen LogP contribution in [0, 0.1) is 0 Å². The summed E-state index contributed by atoms with van der Waals surface area (Å²) < 4.78 is 0. The summed E-state index contributed by atoms with van der Waals surface area (Å²) >= 11 is 0. The van der Waals surface area contributed by atoms with Crippen LogP contribution in [0.15, 0.2) is 42.5 Å². The van der Waals surface area contributed by atoms with E-state index in [9.17, 15) is 10.2 Å². The Morgan fingerprint density at radius 2 is 1.48 bits per heavy atom. The summed E-state index contributed by atoms with van der Waals surface area (Å²) in [4.78, 5) is 0. The molecule has 0 aliphatic heterocycles. The second-order valence-electron chi connectivity index (χ2n) is 5.49. The number of aryl methyl sites for hydroxylation is 1. The van der Waals surface area contributed by atoms with Gasteiger partial charge in [-0.15, -0.1) is 0 Å². The molecule has 2 N–H and O–H groups in total. The number of aromatic hydroxyl groups is 2. The number of rotatable bonds is 7. The molecule has 0 heterocycles. The Balaban J connectivity index is 2.11. The van der Waals surface area contributed by atoms with E-state index in [-0.39, 0.29) is 5.75 Å². The molecule has 0 aliphatic carbocycles. The predicted molar refractivity (Wildman–Crippen MR) is 87.7 cm³/mol. The molecule has 2 aromatic carbocycles. The lowest BCUT2D eigenvalue weighted by atomic mass is 9.97. The van der Waals surface area contributed by atoms with Crippen molar-refractivity contribution in [3.8, 4) is 22.6 Å². The first-order chi connectivity index (χ1) is 10.2. The molecule has 0 fully saturated rings. The molecule has 0 spiro atoms. The maximum absolute atomic E-state index is 10.5. The SMILES string of the molecule is CCCCCCCc1cccc(-c2ccccc2O)c1O. The second kappa shape index (κ2) is 7.72. The van der Waals surface area contributed by atoms with Crippen LogP contribution in [0.5, 0.6) is 11.5 Å². The summed E-state index contributed by atoms with van der Waals surface area (Å²) in [7, 11) is 0. The largest absolute Gasteiger partial charge is 0.507 e. The van der Waals surface area contributed by atoms with Gasteiger partial charge in [0.2, 0.25) is 0 Å². The summed E-state index contributed by atoms with van der Waals surface area (Å²) in [5.74, 6) is 0.502. The zero-order valence-electron chi connectivity index (χ0n) is 12.7. The molecule has 0 aromatic heterocycles. The summed E-state index contributed by atoms with van der Waals surface area (Å²) in [6.45, 7) is 2.21. The van der Waals surface area contributed by atoms with Crippen LogP contribution in [0.2, 0.25) is 0 Å². The second-order valence-corrected chi connectivity index (χ2v) is 5.49. The van der Waals surface area contributed by atoms with E-state index >= 15 is 0 Å². The molecule has 2 aromatic rings. The van der Waals surface area contributed by atoms with Crippen molar-refractivity contribution in [3.63, 3.8) is 0 Å². The molecule has 0 bridgehead atoms. The van der Waals surface area contributed by atoms with E-state index in [1.165, 1.54) is 25.7 Å². The van der Waals surface area contributed by atoms with Crippen LogP contribution in [0.3, 0.4) is 0 Å². The minimum atomic E-state index is 0.202. The van der Waals surface area contributed by atoms with Gasteiger partial charge in [-0.3, -0.25) is 0 Å². The normalized spacial score (nSPS) is 10.7. The predicted octanol–water partition coefficient (Wildman–Crippen LogP) is 5.28. The van der Waals surface area contributed by atoms with Crippen LogP contribution in [0.4, 0.5) is 0 Å². The van der Waals surface area contributed by atoms with Gasteiger partial charge in [0.1, 0.15) is 11.5 Å². The number of unbranched alkanes of at least 4 members (excludes halogenated alkanes) is 4. The van der Waals surface area contributed by atoms with Gasteiger partial charge >= 0.3 is 0 Å². The molecule has 0 atom stereocenters. The van der Waals surface area contributed by atoms with Crippen molar-refractivity contribution in [1.82, 2.24) is 0 Å². The Morgan fingerprint density at radius 1 is 0.762 bits per heavy atom. The summed E-state index contributed by atoms with van der Waals surface area (Å²) in [5.41, 5.74) is 2.36. The first-order valence-electron chi connectivity index (χ1n) is 7.83. The van der Waals surface area contributed by atoms with Crippen molar-refractivity contribution in [2.24, 2.45) is 0 Å². The number of benzene rings is 2. The van der Waals surface area contributed by atoms with E-state index in [0.29, 0.717) is 16.9 Å². The molecule has 2 rings (SSSR count). The highest BCUT2D eigenvalue weighted by molar-refractivity contribution is 5.76. The van der Waals surface area contributed by atoms with Gasteiger partial charge in [0.15, 0.2) is 0 Å². The van der Waals surface area contributed by atoms with Crippen molar-refractivity contribution in [2.45, 2.75) is 45.4 Å². The highest BCUT2D eigenvalue weighted by atomic mass is 16.3. The summed E-state index contributed by atoms with van der Waals surface area (Å²) in [6, 6.07) is 12.9. The smallest absolute Gasteiger partial charge is 0.126 e. The highest BCUT2D eigenvalue weighted by Crippen LogP contribution is 2.37. The third-order valence-electron chi connectivity index (χ3n) is 3.86. The Hall–Kier alpha value is -1.96. The molecule has 0 saturated heterocycles. The summed E-state index contributed by atoms with van der Waals surface area (Å²) in [5, 5.41) is 20.4. The van der Waals surface area contributed by atoms with Crippen LogP contribution < -0.4 is 0 Å². The van der Waals surface area contributed by atoms with Crippen molar-refractivity contribution in [2.75, 3.05) is 0 Å². The number of phenolic OH excluding ortho intramolecular Hbond substituents is 2. The average Bonchev–Trinajstić information content (AvgIpc) is 2.49. The van der Waals surface area contributed by atoms with Gasteiger partial charge in [-0.05, 0) is 24.5 Å². The van der Waals surface area contributed by atoms with Gasteiger partial charge < -0.3 is 10.2 Å². The average molecular weight is 284 g/mol. The highest BCUT2D eigenvalue weighted by Gasteiger charge is 2.11. The molecule has 2 nitrogen and oxygen atoms in total. The van der Waals surface area contributed by atoms with Gasteiger partial charge in [-0.1, -0.05) is 69.0 Å². The third-order valence-corrected chi connectivity index (χ3v) is 3.86. The Morgan fingerprint density at radius 3 is 2.24 bits per heavy atom. The maximum Gasteiger partial charge on any atom is 0.126 e. The fourth-order valence-corrected chi connectivity index (χ4v) is 2.63. The Bertz CT molecular complexity index is 576. The molecular weight excluding hydrogens is 260 g/mol. The molecule has 0 radical (unpaired) electrons. The monoisotopic (exact) mass is 284 g/mol. The topological polar surface area (TPSA) is 40.5 Å². The standard InChI is InChI=1S/C19H24O2/c1-2-3-4-5-6-10-15-11-9-13-17(19(15)21)16-12-7-8-14-18(16)20/h7-9,11-14,20-21H,2-6,10H2,1H3. The molecule has 0 aliphatic rings. The van der Waals surface area contributed by atoms with Crippen LogP contribution in [0.1, 0.15) is 44.6 Å². The van der Waals surface area contributed by atoms with Crippen LogP contribution in [-0.2, 0) is 6.42 Å². The number of para-hydroxylation sites is 2. The van der Waals surface area contributed by atoms with Crippen molar-refractivity contribution in [3.05, 3.63) is 48.0 Å². The minimum absolute atomic E-state index is 0.202. The zero-order valence-corrected chi connectivity index (χ0v) is 12.7. The molecular formula is C19H24O2. The number of hydrogen-bond acceptors (Lipinski definition) is 2. The number of hydrogen-bond donors (Lipinski definition) is 2. The van der Waals surface area contributed by atoms with E-state index in [4.69, 9.17) is 0 Å². The first kappa shape index (κ1) is 15.4.